The minimum Gasteiger partial charge on any atom is -0.462 e. The van der Waals surface area contributed by atoms with Crippen LogP contribution in [0.25, 0.3) is 11.1 Å². The molecule has 9 heteroatoms. The van der Waals surface area contributed by atoms with Crippen LogP contribution in [0, 0.1) is 11.9 Å². The number of hydrogen-bond donors (Lipinski definition) is 1. The van der Waals surface area contributed by atoms with Crippen molar-refractivity contribution < 1.29 is 18.3 Å². The Balaban J connectivity index is 1.77. The lowest BCUT2D eigenvalue weighted by Gasteiger charge is -2.34. The molecule has 3 aromatic rings. The smallest absolute Gasteiger partial charge is 0.283 e. The first-order valence-corrected chi connectivity index (χ1v) is 13.3. The van der Waals surface area contributed by atoms with Crippen LogP contribution in [0.3, 0.4) is 0 Å². The molecule has 0 radical (unpaired) electrons. The molecule has 0 amide bonds. The number of pyridine rings is 2. The molecule has 5 rings (SSSR count). The molecule has 2 N–H and O–H groups in total. The number of fused-ring (bicyclic) bond motifs is 4. The predicted molar refractivity (Wildman–Crippen MR) is 115 cm³/mol. The molecule has 31 heavy (non-hydrogen) atoms. The van der Waals surface area contributed by atoms with Gasteiger partial charge in [-0.3, -0.25) is 0 Å². The maximum absolute atomic E-state index is 14.8. The fourth-order valence-electron chi connectivity index (χ4n) is 4.04. The van der Waals surface area contributed by atoms with Gasteiger partial charge in [-0.1, -0.05) is 25.7 Å². The van der Waals surface area contributed by atoms with Gasteiger partial charge in [0.15, 0.2) is 5.54 Å². The van der Waals surface area contributed by atoms with Crippen LogP contribution in [-0.2, 0) is 10.3 Å². The number of rotatable bonds is 2. The quantitative estimate of drug-likeness (QED) is 0.488. The Morgan fingerprint density at radius 1 is 1.06 bits per heavy atom. The Kier molecular flexibility index (Phi) is 4.17. The van der Waals surface area contributed by atoms with Gasteiger partial charge in [0.05, 0.1) is 13.6 Å². The van der Waals surface area contributed by atoms with Crippen LogP contribution in [0.2, 0.25) is 19.6 Å². The van der Waals surface area contributed by atoms with E-state index in [0.29, 0.717) is 33.2 Å². The Morgan fingerprint density at radius 2 is 1.87 bits per heavy atom. The molecular weight excluding hydrogens is 418 g/mol. The van der Waals surface area contributed by atoms with Gasteiger partial charge < -0.3 is 15.2 Å². The van der Waals surface area contributed by atoms with Crippen molar-refractivity contribution in [1.29, 1.82) is 0 Å². The maximum Gasteiger partial charge on any atom is 0.283 e. The van der Waals surface area contributed by atoms with Crippen molar-refractivity contribution in [3.63, 3.8) is 0 Å². The third-order valence-electron chi connectivity index (χ3n) is 5.63. The summed E-state index contributed by atoms with van der Waals surface area (Å²) in [4.78, 5) is 12.5. The predicted octanol–water partition coefficient (Wildman–Crippen LogP) is 3.66. The Labute approximate surface area is 178 Å². The Morgan fingerprint density at radius 3 is 2.55 bits per heavy atom. The summed E-state index contributed by atoms with van der Waals surface area (Å²) >= 11 is 0. The van der Waals surface area contributed by atoms with Crippen molar-refractivity contribution in [1.82, 2.24) is 9.97 Å². The highest BCUT2D eigenvalue weighted by Gasteiger charge is 2.48. The zero-order valence-corrected chi connectivity index (χ0v) is 18.2. The lowest BCUT2D eigenvalue weighted by Crippen LogP contribution is -2.43. The second kappa shape index (κ2) is 6.58. The molecule has 158 valence electrons. The topological polar surface area (TPSA) is 82.6 Å². The first kappa shape index (κ1) is 19.6. The summed E-state index contributed by atoms with van der Waals surface area (Å²) in [6, 6.07) is 10.3. The number of halogens is 2. The zero-order chi connectivity index (χ0) is 22.0. The van der Waals surface area contributed by atoms with E-state index in [9.17, 15) is 8.78 Å². The number of hydrogen-bond acceptors (Lipinski definition) is 6. The second-order valence-corrected chi connectivity index (χ2v) is 13.7. The fourth-order valence-corrected chi connectivity index (χ4v) is 5.29. The van der Waals surface area contributed by atoms with E-state index in [-0.39, 0.29) is 18.5 Å². The number of nitrogens with zero attached hydrogens (tertiary/aromatic N) is 3. The molecule has 0 unspecified atom stereocenters. The summed E-state index contributed by atoms with van der Waals surface area (Å²) in [5.41, 5.74) is 7.05. The van der Waals surface area contributed by atoms with Crippen LogP contribution in [0.4, 0.5) is 8.78 Å². The molecular formula is C22H20F2N4O2Si. The van der Waals surface area contributed by atoms with Gasteiger partial charge in [0, 0.05) is 17.3 Å². The van der Waals surface area contributed by atoms with Gasteiger partial charge in [-0.2, -0.15) is 13.8 Å². The molecule has 2 aromatic heterocycles. The lowest BCUT2D eigenvalue weighted by molar-refractivity contribution is 0.261. The summed E-state index contributed by atoms with van der Waals surface area (Å²) < 4.78 is 40.7. The SMILES string of the molecule is C[Si](C)(C)c1cc2c(nc1F)Oc1ccc(-c3cccnc3F)cc1[C@@]21COC(N)=N1. The summed E-state index contributed by atoms with van der Waals surface area (Å²) in [5.74, 6) is -0.546. The highest BCUT2D eigenvalue weighted by Crippen LogP contribution is 2.51. The summed E-state index contributed by atoms with van der Waals surface area (Å²) in [5, 5.41) is 0.563. The van der Waals surface area contributed by atoms with Gasteiger partial charge in [0.1, 0.15) is 12.4 Å². The first-order chi connectivity index (χ1) is 14.7. The van der Waals surface area contributed by atoms with Crippen LogP contribution in [-0.4, -0.2) is 30.7 Å². The number of ether oxygens (including phenoxy) is 2. The Hall–Kier alpha value is -3.33. The second-order valence-electron chi connectivity index (χ2n) is 8.68. The molecule has 4 heterocycles. The van der Waals surface area contributed by atoms with Gasteiger partial charge in [-0.15, -0.1) is 0 Å². The van der Waals surface area contributed by atoms with Crippen molar-refractivity contribution in [2.75, 3.05) is 6.61 Å². The third kappa shape index (κ3) is 2.99. The van der Waals surface area contributed by atoms with Crippen LogP contribution in [0.15, 0.2) is 47.6 Å². The van der Waals surface area contributed by atoms with E-state index in [0.717, 1.165) is 0 Å². The molecule has 1 spiro atoms. The van der Waals surface area contributed by atoms with E-state index < -0.39 is 25.5 Å². The van der Waals surface area contributed by atoms with Crippen molar-refractivity contribution >= 4 is 19.3 Å². The molecule has 0 bridgehead atoms. The molecule has 0 saturated carbocycles. The van der Waals surface area contributed by atoms with Gasteiger partial charge >= 0.3 is 0 Å². The number of amidine groups is 1. The average Bonchev–Trinajstić information content (AvgIpc) is 3.09. The third-order valence-corrected chi connectivity index (χ3v) is 7.59. The monoisotopic (exact) mass is 438 g/mol. The molecule has 2 aliphatic heterocycles. The molecule has 1 aromatic carbocycles. The van der Waals surface area contributed by atoms with Crippen LogP contribution in [0.5, 0.6) is 11.6 Å². The summed E-state index contributed by atoms with van der Waals surface area (Å²) in [6.07, 6.45) is 1.39. The average molecular weight is 439 g/mol. The van der Waals surface area contributed by atoms with E-state index in [1.807, 2.05) is 19.6 Å². The molecule has 1 atom stereocenters. The van der Waals surface area contributed by atoms with Crippen LogP contribution >= 0.6 is 0 Å². The van der Waals surface area contributed by atoms with E-state index >= 15 is 0 Å². The van der Waals surface area contributed by atoms with Crippen molar-refractivity contribution in [2.45, 2.75) is 25.2 Å². The van der Waals surface area contributed by atoms with Crippen LogP contribution < -0.4 is 15.7 Å². The minimum absolute atomic E-state index is 0.0237. The molecule has 6 nitrogen and oxygen atoms in total. The van der Waals surface area contributed by atoms with Crippen molar-refractivity contribution in [3.05, 3.63) is 65.6 Å². The van der Waals surface area contributed by atoms with Gasteiger partial charge in [0.25, 0.3) is 6.02 Å². The standard InChI is InChI=1S/C22H20F2N4O2Si/c1-31(2,3)17-10-15-20(27-19(17)24)30-16-7-6-12(13-5-4-8-26-18(13)23)9-14(16)22(15)11-29-21(25)28-22/h4-10H,11H2,1-3H3,(H2,25,28)/t22-/m0/s1. The normalized spacial score (nSPS) is 19.3. The van der Waals surface area contributed by atoms with Crippen molar-refractivity contribution in [3.8, 4) is 22.8 Å². The summed E-state index contributed by atoms with van der Waals surface area (Å²) in [7, 11) is -2.06. The van der Waals surface area contributed by atoms with Crippen LogP contribution in [0.1, 0.15) is 11.1 Å². The van der Waals surface area contributed by atoms with E-state index in [2.05, 4.69) is 15.0 Å². The Bertz CT molecular complexity index is 1260. The molecule has 0 aliphatic carbocycles. The molecule has 0 saturated heterocycles. The lowest BCUT2D eigenvalue weighted by atomic mass is 9.81. The number of aliphatic imine (C=N–C) groups is 1. The van der Waals surface area contributed by atoms with E-state index in [1.54, 1.807) is 36.4 Å². The largest absolute Gasteiger partial charge is 0.462 e. The minimum atomic E-state index is -2.06. The molecule has 0 fully saturated rings. The number of aromatic nitrogens is 2. The zero-order valence-electron chi connectivity index (χ0n) is 17.2. The van der Waals surface area contributed by atoms with Crippen molar-refractivity contribution in [2.24, 2.45) is 10.7 Å². The van der Waals surface area contributed by atoms with E-state index in [4.69, 9.17) is 15.2 Å². The van der Waals surface area contributed by atoms with Gasteiger partial charge in [-0.05, 0) is 41.1 Å². The maximum atomic E-state index is 14.8. The summed E-state index contributed by atoms with van der Waals surface area (Å²) in [6.45, 7) is 6.22. The highest BCUT2D eigenvalue weighted by atomic mass is 28.3. The fraction of sp³-hybridized carbons (Fsp3) is 0.227. The first-order valence-electron chi connectivity index (χ1n) is 9.82. The highest BCUT2D eigenvalue weighted by molar-refractivity contribution is 6.88. The number of benzene rings is 1. The van der Waals surface area contributed by atoms with Gasteiger partial charge in [0.2, 0.25) is 17.8 Å². The molecule has 2 aliphatic rings. The van der Waals surface area contributed by atoms with Gasteiger partial charge in [-0.25, -0.2) is 9.98 Å². The van der Waals surface area contributed by atoms with E-state index in [1.165, 1.54) is 6.20 Å². The number of nitrogens with two attached hydrogens (primary N) is 1.